The minimum Gasteiger partial charge on any atom is -0.361 e. The van der Waals surface area contributed by atoms with Gasteiger partial charge in [-0.25, -0.2) is 0 Å². The molecule has 0 radical (unpaired) electrons. The minimum absolute atomic E-state index is 0.0622. The van der Waals surface area contributed by atoms with E-state index in [0.717, 1.165) is 26.2 Å². The van der Waals surface area contributed by atoms with Crippen molar-refractivity contribution >= 4 is 5.91 Å². The monoisotopic (exact) mass is 325 g/mol. The average molecular weight is 325 g/mol. The third-order valence-electron chi connectivity index (χ3n) is 5.32. The SMILES string of the molecule is Cc1oncc1C(=O)N1C[C@H]2CC[C@@H](C1)N(Cc1ccccc1)C2. The molecule has 0 saturated carbocycles. The van der Waals surface area contributed by atoms with Gasteiger partial charge in [0.1, 0.15) is 11.3 Å². The Morgan fingerprint density at radius 2 is 2.04 bits per heavy atom. The molecule has 1 aromatic heterocycles. The largest absolute Gasteiger partial charge is 0.361 e. The molecular formula is C19H23N3O2. The Morgan fingerprint density at radius 1 is 1.21 bits per heavy atom. The van der Waals surface area contributed by atoms with Gasteiger partial charge in [-0.2, -0.15) is 0 Å². The summed E-state index contributed by atoms with van der Waals surface area (Å²) in [5.74, 6) is 1.22. The summed E-state index contributed by atoms with van der Waals surface area (Å²) in [5, 5.41) is 3.75. The van der Waals surface area contributed by atoms with Gasteiger partial charge in [-0.3, -0.25) is 9.69 Å². The van der Waals surface area contributed by atoms with Crippen LogP contribution in [0.2, 0.25) is 0 Å². The maximum Gasteiger partial charge on any atom is 0.259 e. The molecule has 1 aromatic carbocycles. The Bertz CT molecular complexity index is 712. The third kappa shape index (κ3) is 2.96. The van der Waals surface area contributed by atoms with Crippen LogP contribution >= 0.6 is 0 Å². The van der Waals surface area contributed by atoms with Crippen LogP contribution in [0.4, 0.5) is 0 Å². The fourth-order valence-corrected chi connectivity index (χ4v) is 4.03. The van der Waals surface area contributed by atoms with E-state index in [2.05, 4.69) is 40.4 Å². The van der Waals surface area contributed by atoms with Crippen molar-refractivity contribution in [2.75, 3.05) is 19.6 Å². The summed E-state index contributed by atoms with van der Waals surface area (Å²) < 4.78 is 5.07. The molecule has 0 aliphatic carbocycles. The van der Waals surface area contributed by atoms with E-state index in [-0.39, 0.29) is 5.91 Å². The van der Waals surface area contributed by atoms with Crippen LogP contribution in [0.3, 0.4) is 0 Å². The molecule has 126 valence electrons. The second kappa shape index (κ2) is 6.40. The molecule has 0 spiro atoms. The van der Waals surface area contributed by atoms with Crippen molar-refractivity contribution in [3.63, 3.8) is 0 Å². The Kier molecular flexibility index (Phi) is 4.10. The lowest BCUT2D eigenvalue weighted by Gasteiger charge is -2.36. The van der Waals surface area contributed by atoms with Crippen molar-refractivity contribution in [3.8, 4) is 0 Å². The van der Waals surface area contributed by atoms with Crippen LogP contribution in [0.25, 0.3) is 0 Å². The summed E-state index contributed by atoms with van der Waals surface area (Å²) in [5.41, 5.74) is 1.95. The maximum atomic E-state index is 12.8. The summed E-state index contributed by atoms with van der Waals surface area (Å²) >= 11 is 0. The van der Waals surface area contributed by atoms with Gasteiger partial charge < -0.3 is 9.42 Å². The molecule has 3 saturated heterocycles. The summed E-state index contributed by atoms with van der Waals surface area (Å²) in [6.07, 6.45) is 3.93. The molecule has 2 bridgehead atoms. The third-order valence-corrected chi connectivity index (χ3v) is 5.32. The van der Waals surface area contributed by atoms with Crippen molar-refractivity contribution in [3.05, 3.63) is 53.4 Å². The van der Waals surface area contributed by atoms with Crippen molar-refractivity contribution in [1.29, 1.82) is 0 Å². The van der Waals surface area contributed by atoms with Gasteiger partial charge in [-0.15, -0.1) is 0 Å². The van der Waals surface area contributed by atoms with Crippen LogP contribution in [-0.4, -0.2) is 46.5 Å². The first kappa shape index (κ1) is 15.4. The molecule has 24 heavy (non-hydrogen) atoms. The molecule has 5 heteroatoms. The lowest BCUT2D eigenvalue weighted by atomic mass is 9.94. The van der Waals surface area contributed by atoms with Gasteiger partial charge in [-0.05, 0) is 31.2 Å². The first-order chi connectivity index (χ1) is 11.7. The molecular weight excluding hydrogens is 302 g/mol. The molecule has 3 aliphatic rings. The quantitative estimate of drug-likeness (QED) is 0.871. The Labute approximate surface area is 142 Å². The highest BCUT2D eigenvalue weighted by Gasteiger charge is 2.37. The number of hydrogen-bond acceptors (Lipinski definition) is 4. The van der Waals surface area contributed by atoms with E-state index in [0.29, 0.717) is 23.3 Å². The van der Waals surface area contributed by atoms with Gasteiger partial charge in [0.25, 0.3) is 5.91 Å². The fourth-order valence-electron chi connectivity index (χ4n) is 4.03. The zero-order valence-corrected chi connectivity index (χ0v) is 14.0. The number of benzene rings is 1. The van der Waals surface area contributed by atoms with E-state index in [1.807, 2.05) is 4.90 Å². The predicted octanol–water partition coefficient (Wildman–Crippen LogP) is 2.72. The highest BCUT2D eigenvalue weighted by atomic mass is 16.5. The fraction of sp³-hybridized carbons (Fsp3) is 0.474. The molecule has 0 unspecified atom stereocenters. The van der Waals surface area contributed by atoms with Gasteiger partial charge in [0.15, 0.2) is 0 Å². The number of carbonyl (C=O) groups is 1. The molecule has 3 fully saturated rings. The number of piperidine rings is 1. The number of amides is 1. The Balaban J connectivity index is 1.50. The van der Waals surface area contributed by atoms with E-state index < -0.39 is 0 Å². The van der Waals surface area contributed by atoms with Gasteiger partial charge >= 0.3 is 0 Å². The molecule has 3 aliphatic heterocycles. The van der Waals surface area contributed by atoms with Crippen molar-refractivity contribution in [2.45, 2.75) is 32.4 Å². The number of nitrogens with zero attached hydrogens (tertiary/aromatic N) is 3. The maximum absolute atomic E-state index is 12.8. The highest BCUT2D eigenvalue weighted by Crippen LogP contribution is 2.30. The topological polar surface area (TPSA) is 49.6 Å². The minimum atomic E-state index is 0.0622. The summed E-state index contributed by atoms with van der Waals surface area (Å²) in [6, 6.07) is 11.0. The molecule has 5 nitrogen and oxygen atoms in total. The molecule has 0 N–H and O–H groups in total. The average Bonchev–Trinajstić information content (AvgIpc) is 2.82. The van der Waals surface area contributed by atoms with Crippen LogP contribution in [0.5, 0.6) is 0 Å². The first-order valence-corrected chi connectivity index (χ1v) is 8.69. The second-order valence-electron chi connectivity index (χ2n) is 7.02. The number of aryl methyl sites for hydroxylation is 1. The van der Waals surface area contributed by atoms with Crippen molar-refractivity contribution in [1.82, 2.24) is 15.0 Å². The highest BCUT2D eigenvalue weighted by molar-refractivity contribution is 5.94. The Hall–Kier alpha value is -2.14. The summed E-state index contributed by atoms with van der Waals surface area (Å²) in [7, 11) is 0. The van der Waals surface area contributed by atoms with Crippen LogP contribution in [0, 0.1) is 12.8 Å². The molecule has 4 heterocycles. The lowest BCUT2D eigenvalue weighted by molar-refractivity contribution is 0.0734. The van der Waals surface area contributed by atoms with Gasteiger partial charge in [-0.1, -0.05) is 35.5 Å². The summed E-state index contributed by atoms with van der Waals surface area (Å²) in [6.45, 7) is 5.48. The number of aromatic nitrogens is 1. The van der Waals surface area contributed by atoms with E-state index in [1.165, 1.54) is 18.4 Å². The van der Waals surface area contributed by atoms with E-state index in [1.54, 1.807) is 13.1 Å². The molecule has 5 rings (SSSR count). The van der Waals surface area contributed by atoms with Crippen LogP contribution < -0.4 is 0 Å². The van der Waals surface area contributed by atoms with Crippen LogP contribution in [-0.2, 0) is 6.54 Å². The smallest absolute Gasteiger partial charge is 0.259 e. The number of rotatable bonds is 3. The first-order valence-electron chi connectivity index (χ1n) is 8.69. The number of carbonyl (C=O) groups excluding carboxylic acids is 1. The molecule has 2 atom stereocenters. The number of fused-ring (bicyclic) bond motifs is 4. The molecule has 2 aromatic rings. The number of hydrogen-bond donors (Lipinski definition) is 0. The van der Waals surface area contributed by atoms with Crippen LogP contribution in [0.1, 0.15) is 34.5 Å². The zero-order valence-electron chi connectivity index (χ0n) is 14.0. The van der Waals surface area contributed by atoms with Gasteiger partial charge in [0.2, 0.25) is 0 Å². The lowest BCUT2D eigenvalue weighted by Crippen LogP contribution is -2.43. The van der Waals surface area contributed by atoms with E-state index in [9.17, 15) is 4.79 Å². The van der Waals surface area contributed by atoms with Crippen molar-refractivity contribution in [2.24, 2.45) is 5.92 Å². The molecule has 1 amide bonds. The zero-order chi connectivity index (χ0) is 16.5. The van der Waals surface area contributed by atoms with Gasteiger partial charge in [0, 0.05) is 32.2 Å². The standard InChI is InChI=1S/C19H23N3O2/c1-14-18(9-20-24-14)19(23)22-12-16-7-8-17(13-22)21(11-16)10-15-5-3-2-4-6-15/h2-6,9,16-17H,7-8,10-13H2,1H3/t16-,17-/m0/s1. The second-order valence-corrected chi connectivity index (χ2v) is 7.02. The predicted molar refractivity (Wildman–Crippen MR) is 90.5 cm³/mol. The van der Waals surface area contributed by atoms with Crippen molar-refractivity contribution < 1.29 is 9.32 Å². The Morgan fingerprint density at radius 3 is 2.79 bits per heavy atom. The van der Waals surface area contributed by atoms with Crippen LogP contribution in [0.15, 0.2) is 41.1 Å². The summed E-state index contributed by atoms with van der Waals surface area (Å²) in [4.78, 5) is 17.4. The van der Waals surface area contributed by atoms with Gasteiger partial charge in [0.05, 0.1) is 6.20 Å². The normalized spacial score (nSPS) is 24.1. The van der Waals surface area contributed by atoms with E-state index in [4.69, 9.17) is 4.52 Å². The van der Waals surface area contributed by atoms with E-state index >= 15 is 0 Å².